The van der Waals surface area contributed by atoms with Gasteiger partial charge < -0.3 is 5.11 Å². The first kappa shape index (κ1) is 9.20. The Kier molecular flexibility index (Phi) is 2.82. The molecule has 2 nitrogen and oxygen atoms in total. The maximum absolute atomic E-state index is 11.2. The Balaban J connectivity index is 2.72. The van der Waals surface area contributed by atoms with Crippen molar-refractivity contribution in [1.82, 2.24) is 0 Å². The molecule has 1 aliphatic rings. The van der Waals surface area contributed by atoms with Crippen molar-refractivity contribution in [3.05, 3.63) is 23.8 Å². The van der Waals surface area contributed by atoms with Crippen LogP contribution < -0.4 is 0 Å². The molecule has 0 saturated heterocycles. The highest BCUT2D eigenvalue weighted by molar-refractivity contribution is 5.84. The Bertz CT molecular complexity index is 238. The molecular weight excluding hydrogens is 152 g/mol. The van der Waals surface area contributed by atoms with Gasteiger partial charge in [0.05, 0.1) is 0 Å². The van der Waals surface area contributed by atoms with E-state index in [1.54, 1.807) is 0 Å². The molecule has 0 radical (unpaired) electrons. The highest BCUT2D eigenvalue weighted by Gasteiger charge is 2.21. The smallest absolute Gasteiger partial charge is 0.165 e. The second kappa shape index (κ2) is 3.68. The normalized spacial score (nSPS) is 28.4. The van der Waals surface area contributed by atoms with Crippen LogP contribution in [0.25, 0.3) is 0 Å². The van der Waals surface area contributed by atoms with E-state index in [0.29, 0.717) is 0 Å². The highest BCUT2D eigenvalue weighted by atomic mass is 16.3. The van der Waals surface area contributed by atoms with Crippen molar-refractivity contribution >= 4 is 5.78 Å². The predicted octanol–water partition coefficient (Wildman–Crippen LogP) is 1.32. The monoisotopic (exact) mass is 166 g/mol. The third kappa shape index (κ3) is 1.83. The van der Waals surface area contributed by atoms with E-state index in [1.165, 1.54) is 5.57 Å². The van der Waals surface area contributed by atoms with Gasteiger partial charge >= 0.3 is 0 Å². The third-order valence-electron chi connectivity index (χ3n) is 2.19. The fourth-order valence-electron chi connectivity index (χ4n) is 1.51. The number of carbonyl (C=O) groups excluding carboxylic acids is 1. The molecule has 0 bridgehead atoms. The molecule has 1 aliphatic carbocycles. The van der Waals surface area contributed by atoms with Crippen molar-refractivity contribution in [1.29, 1.82) is 0 Å². The summed E-state index contributed by atoms with van der Waals surface area (Å²) in [5.74, 6) is -0.00384. The number of Topliss-reactive ketones (excluding diaryl/α,β-unsaturated/α-hetero) is 1. The van der Waals surface area contributed by atoms with Crippen molar-refractivity contribution < 1.29 is 9.90 Å². The minimum absolute atomic E-state index is 0.0949. The Morgan fingerprint density at radius 2 is 2.33 bits per heavy atom. The summed E-state index contributed by atoms with van der Waals surface area (Å²) in [7, 11) is 0. The number of ketones is 1. The average molecular weight is 166 g/mol. The zero-order chi connectivity index (χ0) is 9.14. The minimum Gasteiger partial charge on any atom is -0.389 e. The van der Waals surface area contributed by atoms with Gasteiger partial charge in [-0.15, -0.1) is 0 Å². The first-order valence-corrected chi connectivity index (χ1v) is 4.15. The summed E-state index contributed by atoms with van der Waals surface area (Å²) < 4.78 is 0. The van der Waals surface area contributed by atoms with Crippen LogP contribution in [-0.2, 0) is 4.79 Å². The van der Waals surface area contributed by atoms with Gasteiger partial charge in [0.25, 0.3) is 0 Å². The molecular formula is C10H14O2. The standard InChI is InChI=1S/C10H14O2/c1-7-3-4-9(8(2)5-7)10(12)6-11/h3-5,8-9,11H,6H2,1-2H3. The van der Waals surface area contributed by atoms with Crippen LogP contribution in [0.15, 0.2) is 23.8 Å². The maximum atomic E-state index is 11.2. The Morgan fingerprint density at radius 1 is 1.67 bits per heavy atom. The van der Waals surface area contributed by atoms with Crippen LogP contribution in [0.1, 0.15) is 13.8 Å². The Morgan fingerprint density at radius 3 is 2.83 bits per heavy atom. The fourth-order valence-corrected chi connectivity index (χ4v) is 1.51. The summed E-state index contributed by atoms with van der Waals surface area (Å²) in [6.07, 6.45) is 5.86. The molecule has 0 aromatic rings. The molecule has 2 heteroatoms. The second-order valence-electron chi connectivity index (χ2n) is 3.28. The first-order valence-electron chi connectivity index (χ1n) is 4.15. The van der Waals surface area contributed by atoms with E-state index < -0.39 is 0 Å². The number of aliphatic hydroxyl groups excluding tert-OH is 1. The molecule has 66 valence electrons. The summed E-state index contributed by atoms with van der Waals surface area (Å²) >= 11 is 0. The number of carbonyl (C=O) groups is 1. The lowest BCUT2D eigenvalue weighted by Gasteiger charge is -2.19. The lowest BCUT2D eigenvalue weighted by atomic mass is 9.85. The van der Waals surface area contributed by atoms with Gasteiger partial charge in [0, 0.05) is 5.92 Å². The molecule has 0 fully saturated rings. The molecule has 0 spiro atoms. The third-order valence-corrected chi connectivity index (χ3v) is 2.19. The summed E-state index contributed by atoms with van der Waals surface area (Å²) in [6, 6.07) is 0. The average Bonchev–Trinajstić information content (AvgIpc) is 2.03. The molecule has 0 aromatic carbocycles. The van der Waals surface area contributed by atoms with Crippen LogP contribution in [0, 0.1) is 11.8 Å². The largest absolute Gasteiger partial charge is 0.389 e. The van der Waals surface area contributed by atoms with Crippen LogP contribution in [0.4, 0.5) is 0 Å². The van der Waals surface area contributed by atoms with Crippen LogP contribution in [0.2, 0.25) is 0 Å². The second-order valence-corrected chi connectivity index (χ2v) is 3.28. The van der Waals surface area contributed by atoms with E-state index in [-0.39, 0.29) is 24.2 Å². The zero-order valence-corrected chi connectivity index (χ0v) is 7.45. The van der Waals surface area contributed by atoms with Crippen molar-refractivity contribution in [2.24, 2.45) is 11.8 Å². The number of hydrogen-bond acceptors (Lipinski definition) is 2. The van der Waals surface area contributed by atoms with Crippen molar-refractivity contribution in [3.63, 3.8) is 0 Å². The molecule has 2 atom stereocenters. The molecule has 0 heterocycles. The topological polar surface area (TPSA) is 37.3 Å². The molecule has 12 heavy (non-hydrogen) atoms. The van der Waals surface area contributed by atoms with Crippen LogP contribution >= 0.6 is 0 Å². The predicted molar refractivity (Wildman–Crippen MR) is 47.6 cm³/mol. The van der Waals surface area contributed by atoms with Gasteiger partial charge in [0.1, 0.15) is 6.61 Å². The summed E-state index contributed by atoms with van der Waals surface area (Å²) in [6.45, 7) is 3.64. The van der Waals surface area contributed by atoms with E-state index >= 15 is 0 Å². The molecule has 0 aromatic heterocycles. The minimum atomic E-state index is -0.355. The van der Waals surface area contributed by atoms with Crippen molar-refractivity contribution in [2.45, 2.75) is 13.8 Å². The maximum Gasteiger partial charge on any atom is 0.165 e. The molecule has 1 N–H and O–H groups in total. The van der Waals surface area contributed by atoms with E-state index in [0.717, 1.165) is 0 Å². The molecule has 0 saturated carbocycles. The number of aliphatic hydroxyl groups is 1. The lowest BCUT2D eigenvalue weighted by molar-refractivity contribution is -0.125. The highest BCUT2D eigenvalue weighted by Crippen LogP contribution is 2.22. The molecule has 1 rings (SSSR count). The van der Waals surface area contributed by atoms with E-state index in [9.17, 15) is 4.79 Å². The van der Waals surface area contributed by atoms with Crippen molar-refractivity contribution in [3.8, 4) is 0 Å². The van der Waals surface area contributed by atoms with E-state index in [2.05, 4.69) is 6.08 Å². The van der Waals surface area contributed by atoms with Crippen molar-refractivity contribution in [2.75, 3.05) is 6.61 Å². The SMILES string of the molecule is CC1=CC(C)C(C(=O)CO)C=C1. The van der Waals surface area contributed by atoms with Crippen LogP contribution in [0.3, 0.4) is 0 Å². The lowest BCUT2D eigenvalue weighted by Crippen LogP contribution is -2.23. The molecule has 2 unspecified atom stereocenters. The number of hydrogen-bond donors (Lipinski definition) is 1. The van der Waals surface area contributed by atoms with Gasteiger partial charge in [-0.2, -0.15) is 0 Å². The molecule has 0 amide bonds. The quantitative estimate of drug-likeness (QED) is 0.671. The van der Waals surface area contributed by atoms with E-state index in [1.807, 2.05) is 26.0 Å². The van der Waals surface area contributed by atoms with Gasteiger partial charge in [-0.25, -0.2) is 0 Å². The van der Waals surface area contributed by atoms with Gasteiger partial charge in [0.2, 0.25) is 0 Å². The van der Waals surface area contributed by atoms with E-state index in [4.69, 9.17) is 5.11 Å². The summed E-state index contributed by atoms with van der Waals surface area (Å²) in [5.41, 5.74) is 1.18. The van der Waals surface area contributed by atoms with Gasteiger partial charge in [0.15, 0.2) is 5.78 Å². The van der Waals surface area contributed by atoms with Gasteiger partial charge in [-0.1, -0.05) is 30.7 Å². The Labute approximate surface area is 72.6 Å². The Hall–Kier alpha value is -0.890. The fraction of sp³-hybridized carbons (Fsp3) is 0.500. The van der Waals surface area contributed by atoms with Crippen LogP contribution in [0.5, 0.6) is 0 Å². The molecule has 0 aliphatic heterocycles. The zero-order valence-electron chi connectivity index (χ0n) is 7.45. The summed E-state index contributed by atoms with van der Waals surface area (Å²) in [5, 5.41) is 8.67. The van der Waals surface area contributed by atoms with Crippen LogP contribution in [-0.4, -0.2) is 17.5 Å². The number of allylic oxidation sites excluding steroid dienone is 4. The number of rotatable bonds is 2. The first-order chi connectivity index (χ1) is 5.65. The summed E-state index contributed by atoms with van der Waals surface area (Å²) in [4.78, 5) is 11.2. The van der Waals surface area contributed by atoms with Gasteiger partial charge in [-0.3, -0.25) is 4.79 Å². The van der Waals surface area contributed by atoms with Gasteiger partial charge in [-0.05, 0) is 12.8 Å².